The molecule has 0 saturated carbocycles. The van der Waals surface area contributed by atoms with Gasteiger partial charge in [0.05, 0.1) is 24.4 Å². The Hall–Kier alpha value is -0.160. The summed E-state index contributed by atoms with van der Waals surface area (Å²) in [6, 6.07) is 0. The molecule has 0 radical (unpaired) electrons. The van der Waals surface area contributed by atoms with E-state index in [1.807, 2.05) is 0 Å². The Morgan fingerprint density at radius 2 is 2.14 bits per heavy atom. The normalized spacial score (nSPS) is 43.3. The van der Waals surface area contributed by atoms with E-state index in [9.17, 15) is 5.11 Å². The highest BCUT2D eigenvalue weighted by molar-refractivity contribution is 4.87. The SMILES string of the molecule is OCC[C@@H]1O[C@H]2CCCO[C@@H]2CC1O. The predicted molar refractivity (Wildman–Crippen MR) is 50.0 cm³/mol. The Morgan fingerprint density at radius 3 is 2.93 bits per heavy atom. The Kier molecular flexibility index (Phi) is 3.38. The van der Waals surface area contributed by atoms with E-state index < -0.39 is 6.10 Å². The number of fused-ring (bicyclic) bond motifs is 1. The first kappa shape index (κ1) is 10.4. The molecule has 1 unspecified atom stereocenters. The molecule has 2 aliphatic rings. The van der Waals surface area contributed by atoms with Crippen LogP contribution in [0.5, 0.6) is 0 Å². The first-order chi connectivity index (χ1) is 6.81. The molecule has 2 N–H and O–H groups in total. The lowest BCUT2D eigenvalue weighted by molar-refractivity contribution is -0.204. The highest BCUT2D eigenvalue weighted by Crippen LogP contribution is 2.29. The van der Waals surface area contributed by atoms with Crippen LogP contribution in [0.1, 0.15) is 25.7 Å². The van der Waals surface area contributed by atoms with E-state index in [1.165, 1.54) is 0 Å². The topological polar surface area (TPSA) is 58.9 Å². The average Bonchev–Trinajstić information content (AvgIpc) is 2.19. The minimum atomic E-state index is -0.485. The minimum Gasteiger partial charge on any atom is -0.396 e. The third kappa shape index (κ3) is 2.08. The third-order valence-electron chi connectivity index (χ3n) is 3.05. The Labute approximate surface area is 83.8 Å². The van der Waals surface area contributed by atoms with Crippen LogP contribution in [0.15, 0.2) is 0 Å². The molecule has 2 aliphatic heterocycles. The van der Waals surface area contributed by atoms with Crippen molar-refractivity contribution in [3.05, 3.63) is 0 Å². The van der Waals surface area contributed by atoms with Gasteiger partial charge in [-0.2, -0.15) is 0 Å². The molecule has 0 bridgehead atoms. The standard InChI is InChI=1S/C10H18O4/c11-4-3-8-7(12)6-10-9(14-8)2-1-5-13-10/h7-12H,1-6H2/t7?,8-,9-,10+/m0/s1. The van der Waals surface area contributed by atoms with Crippen LogP contribution in [-0.4, -0.2) is 47.8 Å². The molecule has 0 aromatic heterocycles. The summed E-state index contributed by atoms with van der Waals surface area (Å²) < 4.78 is 11.2. The van der Waals surface area contributed by atoms with Crippen molar-refractivity contribution >= 4 is 0 Å². The molecule has 4 heteroatoms. The maximum atomic E-state index is 9.72. The molecule has 2 fully saturated rings. The summed E-state index contributed by atoms with van der Waals surface area (Å²) in [5.41, 5.74) is 0. The van der Waals surface area contributed by atoms with E-state index in [4.69, 9.17) is 14.6 Å². The lowest BCUT2D eigenvalue weighted by Gasteiger charge is -2.41. The minimum absolute atomic E-state index is 0.0636. The summed E-state index contributed by atoms with van der Waals surface area (Å²) in [6.07, 6.45) is 2.71. The van der Waals surface area contributed by atoms with Gasteiger partial charge in [0.2, 0.25) is 0 Å². The lowest BCUT2D eigenvalue weighted by Crippen LogP contribution is -2.50. The van der Waals surface area contributed by atoms with Crippen molar-refractivity contribution < 1.29 is 19.7 Å². The smallest absolute Gasteiger partial charge is 0.0862 e. The van der Waals surface area contributed by atoms with Gasteiger partial charge in [-0.3, -0.25) is 0 Å². The number of aliphatic hydroxyl groups excluding tert-OH is 2. The molecule has 2 heterocycles. The summed E-state index contributed by atoms with van der Waals surface area (Å²) in [5.74, 6) is 0. The number of ether oxygens (including phenoxy) is 2. The van der Waals surface area contributed by atoms with Gasteiger partial charge in [-0.05, 0) is 19.3 Å². The van der Waals surface area contributed by atoms with Gasteiger partial charge in [0.1, 0.15) is 0 Å². The molecule has 0 aliphatic carbocycles. The molecule has 2 saturated heterocycles. The fourth-order valence-electron chi connectivity index (χ4n) is 2.28. The molecule has 14 heavy (non-hydrogen) atoms. The van der Waals surface area contributed by atoms with E-state index in [0.717, 1.165) is 19.4 Å². The van der Waals surface area contributed by atoms with Crippen LogP contribution < -0.4 is 0 Å². The van der Waals surface area contributed by atoms with E-state index in [2.05, 4.69) is 0 Å². The zero-order valence-corrected chi connectivity index (χ0v) is 8.26. The highest BCUT2D eigenvalue weighted by Gasteiger charge is 2.38. The first-order valence-corrected chi connectivity index (χ1v) is 5.37. The van der Waals surface area contributed by atoms with Crippen LogP contribution in [0.4, 0.5) is 0 Å². The molecular formula is C10H18O4. The fraction of sp³-hybridized carbons (Fsp3) is 1.00. The average molecular weight is 202 g/mol. The Balaban J connectivity index is 1.92. The molecule has 82 valence electrons. The van der Waals surface area contributed by atoms with E-state index in [-0.39, 0.29) is 24.9 Å². The molecule has 2 rings (SSSR count). The van der Waals surface area contributed by atoms with Crippen molar-refractivity contribution in [1.82, 2.24) is 0 Å². The summed E-state index contributed by atoms with van der Waals surface area (Å²) in [4.78, 5) is 0. The van der Waals surface area contributed by atoms with Crippen molar-refractivity contribution in [2.24, 2.45) is 0 Å². The Morgan fingerprint density at radius 1 is 1.29 bits per heavy atom. The van der Waals surface area contributed by atoms with Crippen LogP contribution in [0, 0.1) is 0 Å². The van der Waals surface area contributed by atoms with Gasteiger partial charge >= 0.3 is 0 Å². The van der Waals surface area contributed by atoms with Crippen LogP contribution in [0.3, 0.4) is 0 Å². The number of hydrogen-bond donors (Lipinski definition) is 2. The molecule has 0 aromatic rings. The van der Waals surface area contributed by atoms with Gasteiger partial charge in [-0.25, -0.2) is 0 Å². The largest absolute Gasteiger partial charge is 0.396 e. The van der Waals surface area contributed by atoms with Gasteiger partial charge in [0.15, 0.2) is 0 Å². The lowest BCUT2D eigenvalue weighted by atomic mass is 9.93. The molecule has 0 aromatic carbocycles. The van der Waals surface area contributed by atoms with Gasteiger partial charge in [-0.15, -0.1) is 0 Å². The molecule has 4 atom stereocenters. The second kappa shape index (κ2) is 4.57. The fourth-order valence-corrected chi connectivity index (χ4v) is 2.28. The monoisotopic (exact) mass is 202 g/mol. The van der Waals surface area contributed by atoms with Gasteiger partial charge in [-0.1, -0.05) is 0 Å². The van der Waals surface area contributed by atoms with Gasteiger partial charge in [0.25, 0.3) is 0 Å². The first-order valence-electron chi connectivity index (χ1n) is 5.37. The zero-order valence-electron chi connectivity index (χ0n) is 8.26. The van der Waals surface area contributed by atoms with Crippen molar-refractivity contribution in [2.45, 2.75) is 50.1 Å². The second-order valence-corrected chi connectivity index (χ2v) is 4.08. The maximum Gasteiger partial charge on any atom is 0.0862 e. The van der Waals surface area contributed by atoms with Crippen LogP contribution in [0.25, 0.3) is 0 Å². The van der Waals surface area contributed by atoms with Crippen molar-refractivity contribution in [3.8, 4) is 0 Å². The van der Waals surface area contributed by atoms with Gasteiger partial charge < -0.3 is 19.7 Å². The zero-order chi connectivity index (χ0) is 9.97. The molecule has 4 nitrogen and oxygen atoms in total. The second-order valence-electron chi connectivity index (χ2n) is 4.08. The van der Waals surface area contributed by atoms with Gasteiger partial charge in [0, 0.05) is 19.6 Å². The summed E-state index contributed by atoms with van der Waals surface area (Å²) in [6.45, 7) is 0.849. The molecular weight excluding hydrogens is 184 g/mol. The summed E-state index contributed by atoms with van der Waals surface area (Å²) >= 11 is 0. The predicted octanol–water partition coefficient (Wildman–Crippen LogP) is 0.0662. The molecule has 0 amide bonds. The number of rotatable bonds is 2. The quantitative estimate of drug-likeness (QED) is 0.665. The number of aliphatic hydroxyl groups is 2. The summed E-state index contributed by atoms with van der Waals surface area (Å²) in [5, 5.41) is 18.5. The van der Waals surface area contributed by atoms with Crippen molar-refractivity contribution in [3.63, 3.8) is 0 Å². The van der Waals surface area contributed by atoms with Crippen LogP contribution in [-0.2, 0) is 9.47 Å². The third-order valence-corrected chi connectivity index (χ3v) is 3.05. The Bertz CT molecular complexity index is 183. The number of hydrogen-bond acceptors (Lipinski definition) is 4. The van der Waals surface area contributed by atoms with Crippen molar-refractivity contribution in [2.75, 3.05) is 13.2 Å². The van der Waals surface area contributed by atoms with Crippen LogP contribution in [0.2, 0.25) is 0 Å². The maximum absolute atomic E-state index is 9.72. The highest BCUT2D eigenvalue weighted by atomic mass is 16.6. The van der Waals surface area contributed by atoms with Crippen molar-refractivity contribution in [1.29, 1.82) is 0 Å². The summed E-state index contributed by atoms with van der Waals surface area (Å²) in [7, 11) is 0. The molecule has 0 spiro atoms. The van der Waals surface area contributed by atoms with E-state index >= 15 is 0 Å². The van der Waals surface area contributed by atoms with E-state index in [1.54, 1.807) is 0 Å². The van der Waals surface area contributed by atoms with E-state index in [0.29, 0.717) is 12.8 Å². The van der Waals surface area contributed by atoms with Crippen LogP contribution >= 0.6 is 0 Å².